The van der Waals surface area contributed by atoms with Crippen molar-refractivity contribution in [1.29, 1.82) is 0 Å². The van der Waals surface area contributed by atoms with E-state index in [1.54, 1.807) is 0 Å². The van der Waals surface area contributed by atoms with Crippen molar-refractivity contribution in [2.24, 2.45) is 0 Å². The number of aliphatic hydroxyl groups is 1. The molecule has 0 saturated heterocycles. The van der Waals surface area contributed by atoms with Crippen LogP contribution in [-0.4, -0.2) is 40.2 Å². The molecule has 0 amide bonds. The number of likely N-dealkylation sites (N-methyl/N-ethyl adjacent to an activating group) is 1. The molecule has 3 rings (SSSR count). The van der Waals surface area contributed by atoms with Crippen molar-refractivity contribution in [3.05, 3.63) is 29.1 Å². The van der Waals surface area contributed by atoms with Crippen LogP contribution in [-0.2, 0) is 19.4 Å². The predicted octanol–water partition coefficient (Wildman–Crippen LogP) is 1.87. The number of rotatable bonds is 4. The zero-order valence-corrected chi connectivity index (χ0v) is 11.4. The van der Waals surface area contributed by atoms with E-state index in [4.69, 9.17) is 5.11 Å². The maximum atomic E-state index is 8.93. The summed E-state index contributed by atoms with van der Waals surface area (Å²) >= 11 is 0. The van der Waals surface area contributed by atoms with Crippen molar-refractivity contribution >= 4 is 11.0 Å². The van der Waals surface area contributed by atoms with Gasteiger partial charge in [-0.15, -0.1) is 0 Å². The van der Waals surface area contributed by atoms with E-state index in [0.29, 0.717) is 6.54 Å². The summed E-state index contributed by atoms with van der Waals surface area (Å²) in [5.41, 5.74) is 5.18. The van der Waals surface area contributed by atoms with Crippen LogP contribution < -0.4 is 0 Å². The summed E-state index contributed by atoms with van der Waals surface area (Å²) in [6.45, 7) is 1.61. The van der Waals surface area contributed by atoms with E-state index in [2.05, 4.69) is 27.0 Å². The molecule has 0 bridgehead atoms. The molecule has 1 aliphatic rings. The molecular formula is C15H21N3O. The van der Waals surface area contributed by atoms with Crippen LogP contribution in [0.5, 0.6) is 0 Å². The highest BCUT2D eigenvalue weighted by Gasteiger charge is 2.13. The first-order chi connectivity index (χ1) is 9.26. The van der Waals surface area contributed by atoms with Crippen LogP contribution in [0.2, 0.25) is 0 Å². The van der Waals surface area contributed by atoms with Crippen LogP contribution >= 0.6 is 0 Å². The molecule has 0 spiro atoms. The minimum atomic E-state index is 0.186. The molecule has 4 nitrogen and oxygen atoms in total. The van der Waals surface area contributed by atoms with E-state index >= 15 is 0 Å². The Bertz CT molecular complexity index is 533. The zero-order chi connectivity index (χ0) is 13.2. The third-order valence-corrected chi connectivity index (χ3v) is 3.90. The smallest absolute Gasteiger partial charge is 0.121 e. The van der Waals surface area contributed by atoms with Gasteiger partial charge in [0.1, 0.15) is 5.82 Å². The number of aromatic amines is 1. The van der Waals surface area contributed by atoms with Gasteiger partial charge in [0.2, 0.25) is 0 Å². The number of fused-ring (bicyclic) bond motifs is 2. The van der Waals surface area contributed by atoms with Crippen LogP contribution in [0.3, 0.4) is 0 Å². The van der Waals surface area contributed by atoms with E-state index in [-0.39, 0.29) is 6.61 Å². The minimum Gasteiger partial charge on any atom is -0.395 e. The molecule has 1 aromatic heterocycles. The number of nitrogens with one attached hydrogen (secondary N) is 1. The van der Waals surface area contributed by atoms with Crippen LogP contribution in [0.4, 0.5) is 0 Å². The molecule has 0 atom stereocenters. The molecule has 1 heterocycles. The van der Waals surface area contributed by atoms with Crippen LogP contribution in [0.1, 0.15) is 29.8 Å². The zero-order valence-electron chi connectivity index (χ0n) is 11.4. The Kier molecular flexibility index (Phi) is 3.53. The van der Waals surface area contributed by atoms with Crippen molar-refractivity contribution in [2.75, 3.05) is 20.2 Å². The Morgan fingerprint density at radius 2 is 2.00 bits per heavy atom. The molecule has 19 heavy (non-hydrogen) atoms. The van der Waals surface area contributed by atoms with Gasteiger partial charge in [-0.25, -0.2) is 4.98 Å². The number of hydrogen-bond acceptors (Lipinski definition) is 3. The van der Waals surface area contributed by atoms with Crippen LogP contribution in [0, 0.1) is 0 Å². The Morgan fingerprint density at radius 3 is 2.74 bits per heavy atom. The molecule has 2 aromatic rings. The molecule has 1 aliphatic carbocycles. The average molecular weight is 259 g/mol. The Balaban J connectivity index is 1.88. The van der Waals surface area contributed by atoms with E-state index < -0.39 is 0 Å². The monoisotopic (exact) mass is 259 g/mol. The molecule has 0 fully saturated rings. The standard InChI is InChI=1S/C15H21N3O/c1-18(6-7-19)10-15-16-13-8-11-4-2-3-5-12(11)9-14(13)17-15/h8-9,19H,2-7,10H2,1H3,(H,16,17). The molecule has 0 unspecified atom stereocenters. The lowest BCUT2D eigenvalue weighted by Gasteiger charge is -2.14. The maximum absolute atomic E-state index is 8.93. The highest BCUT2D eigenvalue weighted by molar-refractivity contribution is 5.77. The fourth-order valence-electron chi connectivity index (χ4n) is 2.87. The summed E-state index contributed by atoms with van der Waals surface area (Å²) in [6, 6.07) is 4.52. The van der Waals surface area contributed by atoms with Crippen molar-refractivity contribution in [1.82, 2.24) is 14.9 Å². The van der Waals surface area contributed by atoms with E-state index in [9.17, 15) is 0 Å². The van der Waals surface area contributed by atoms with Gasteiger partial charge in [0.05, 0.1) is 24.2 Å². The first-order valence-corrected chi connectivity index (χ1v) is 7.06. The lowest BCUT2D eigenvalue weighted by Crippen LogP contribution is -2.22. The molecule has 0 radical (unpaired) electrons. The van der Waals surface area contributed by atoms with Gasteiger partial charge in [-0.05, 0) is 56.0 Å². The van der Waals surface area contributed by atoms with E-state index in [1.807, 2.05) is 7.05 Å². The number of hydrogen-bond donors (Lipinski definition) is 2. The number of aromatic nitrogens is 2. The molecule has 4 heteroatoms. The summed E-state index contributed by atoms with van der Waals surface area (Å²) in [4.78, 5) is 10.1. The van der Waals surface area contributed by atoms with E-state index in [1.165, 1.54) is 36.8 Å². The van der Waals surface area contributed by atoms with Gasteiger partial charge in [0, 0.05) is 6.54 Å². The van der Waals surface area contributed by atoms with Gasteiger partial charge < -0.3 is 10.1 Å². The highest BCUT2D eigenvalue weighted by Crippen LogP contribution is 2.25. The number of imidazole rings is 1. The fraction of sp³-hybridized carbons (Fsp3) is 0.533. The quantitative estimate of drug-likeness (QED) is 0.881. The topological polar surface area (TPSA) is 52.1 Å². The first kappa shape index (κ1) is 12.6. The Labute approximate surface area is 113 Å². The summed E-state index contributed by atoms with van der Waals surface area (Å²) in [7, 11) is 1.99. The van der Waals surface area contributed by atoms with Gasteiger partial charge in [-0.2, -0.15) is 0 Å². The molecule has 0 saturated carbocycles. The summed E-state index contributed by atoms with van der Waals surface area (Å²) in [5, 5.41) is 8.93. The molecule has 0 aliphatic heterocycles. The normalized spacial score (nSPS) is 15.1. The first-order valence-electron chi connectivity index (χ1n) is 7.06. The van der Waals surface area contributed by atoms with Gasteiger partial charge in [-0.3, -0.25) is 4.90 Å². The summed E-state index contributed by atoms with van der Waals surface area (Å²) in [5.74, 6) is 0.980. The van der Waals surface area contributed by atoms with Crippen molar-refractivity contribution in [3.63, 3.8) is 0 Å². The second-order valence-corrected chi connectivity index (χ2v) is 5.49. The summed E-state index contributed by atoms with van der Waals surface area (Å²) in [6.07, 6.45) is 5.00. The second-order valence-electron chi connectivity index (χ2n) is 5.49. The third kappa shape index (κ3) is 2.65. The van der Waals surface area contributed by atoms with Gasteiger partial charge >= 0.3 is 0 Å². The predicted molar refractivity (Wildman–Crippen MR) is 76.2 cm³/mol. The van der Waals surface area contributed by atoms with Gasteiger partial charge in [0.15, 0.2) is 0 Å². The van der Waals surface area contributed by atoms with E-state index in [0.717, 1.165) is 23.4 Å². The number of benzene rings is 1. The lowest BCUT2D eigenvalue weighted by molar-refractivity contribution is 0.215. The van der Waals surface area contributed by atoms with Crippen molar-refractivity contribution in [2.45, 2.75) is 32.2 Å². The lowest BCUT2D eigenvalue weighted by atomic mass is 9.91. The number of aryl methyl sites for hydroxylation is 2. The number of H-pyrrole nitrogens is 1. The van der Waals surface area contributed by atoms with Crippen molar-refractivity contribution < 1.29 is 5.11 Å². The largest absolute Gasteiger partial charge is 0.395 e. The number of nitrogens with zero attached hydrogens (tertiary/aromatic N) is 2. The SMILES string of the molecule is CN(CCO)Cc1nc2cc3c(cc2[nH]1)CCCC3. The summed E-state index contributed by atoms with van der Waals surface area (Å²) < 4.78 is 0. The molecule has 102 valence electrons. The second kappa shape index (κ2) is 5.31. The fourth-order valence-corrected chi connectivity index (χ4v) is 2.87. The van der Waals surface area contributed by atoms with Crippen LogP contribution in [0.15, 0.2) is 12.1 Å². The maximum Gasteiger partial charge on any atom is 0.121 e. The molecule has 1 aromatic carbocycles. The molecule has 2 N–H and O–H groups in total. The Morgan fingerprint density at radius 1 is 1.26 bits per heavy atom. The molecular weight excluding hydrogens is 238 g/mol. The number of aliphatic hydroxyl groups excluding tert-OH is 1. The van der Waals surface area contributed by atoms with Crippen molar-refractivity contribution in [3.8, 4) is 0 Å². The van der Waals surface area contributed by atoms with Crippen LogP contribution in [0.25, 0.3) is 11.0 Å². The average Bonchev–Trinajstić information content (AvgIpc) is 2.77. The minimum absolute atomic E-state index is 0.186. The van der Waals surface area contributed by atoms with Gasteiger partial charge in [0.25, 0.3) is 0 Å². The highest BCUT2D eigenvalue weighted by atomic mass is 16.3. The Hall–Kier alpha value is -1.39. The van der Waals surface area contributed by atoms with Gasteiger partial charge in [-0.1, -0.05) is 0 Å². The third-order valence-electron chi connectivity index (χ3n) is 3.90.